The molecule has 8 heteroatoms. The Bertz CT molecular complexity index is 727. The molecular weight excluding hydrogens is 326 g/mol. The van der Waals surface area contributed by atoms with Crippen LogP contribution in [0.25, 0.3) is 11.0 Å². The highest BCUT2D eigenvalue weighted by molar-refractivity contribution is 6.03. The van der Waals surface area contributed by atoms with Gasteiger partial charge in [0.25, 0.3) is 0 Å². The van der Waals surface area contributed by atoms with Crippen LogP contribution in [-0.2, 0) is 0 Å². The molecule has 0 unspecified atom stereocenters. The molecule has 2 aromatic rings. The van der Waals surface area contributed by atoms with E-state index >= 15 is 0 Å². The van der Waals surface area contributed by atoms with Crippen molar-refractivity contribution in [2.24, 2.45) is 0 Å². The summed E-state index contributed by atoms with van der Waals surface area (Å²) in [5.74, 6) is 1.25. The molecule has 2 N–H and O–H groups in total. The molecule has 8 nitrogen and oxygen atoms in total. The van der Waals surface area contributed by atoms with Gasteiger partial charge >= 0.3 is 6.03 Å². The number of nitrogens with zero attached hydrogens (tertiary/aromatic N) is 1. The van der Waals surface area contributed by atoms with Crippen LogP contribution in [0.1, 0.15) is 6.42 Å². The van der Waals surface area contributed by atoms with E-state index in [-0.39, 0.29) is 6.03 Å². The van der Waals surface area contributed by atoms with Gasteiger partial charge in [-0.2, -0.15) is 0 Å². The number of anilines is 1. The van der Waals surface area contributed by atoms with Crippen LogP contribution in [0.4, 0.5) is 10.5 Å². The lowest BCUT2D eigenvalue weighted by Gasteiger charge is -2.19. The monoisotopic (exact) mass is 351 g/mol. The van der Waals surface area contributed by atoms with Gasteiger partial charge in [0, 0.05) is 13.6 Å². The van der Waals surface area contributed by atoms with Gasteiger partial charge in [0.2, 0.25) is 5.75 Å². The third-order valence-electron chi connectivity index (χ3n) is 3.65. The lowest BCUT2D eigenvalue weighted by molar-refractivity contribution is 0.252. The van der Waals surface area contributed by atoms with Crippen LogP contribution in [-0.4, -0.2) is 59.4 Å². The minimum absolute atomic E-state index is 0.379. The molecule has 1 aromatic heterocycles. The number of ether oxygens (including phenoxy) is 3. The summed E-state index contributed by atoms with van der Waals surface area (Å²) >= 11 is 0. The third kappa shape index (κ3) is 4.08. The number of benzene rings is 1. The summed E-state index contributed by atoms with van der Waals surface area (Å²) in [5, 5.41) is 5.96. The van der Waals surface area contributed by atoms with Gasteiger partial charge in [0.05, 0.1) is 32.5 Å². The maximum Gasteiger partial charge on any atom is 0.319 e. The average Bonchev–Trinajstić information content (AvgIpc) is 3.07. The molecule has 1 aromatic carbocycles. The molecular formula is C17H25N3O5. The summed E-state index contributed by atoms with van der Waals surface area (Å²) in [4.78, 5) is 14.0. The highest BCUT2D eigenvalue weighted by atomic mass is 16.5. The zero-order chi connectivity index (χ0) is 18.4. The van der Waals surface area contributed by atoms with E-state index in [1.807, 2.05) is 14.1 Å². The number of hydrogen-bond acceptors (Lipinski definition) is 6. The van der Waals surface area contributed by atoms with Crippen molar-refractivity contribution in [1.82, 2.24) is 10.2 Å². The van der Waals surface area contributed by atoms with Gasteiger partial charge in [0.1, 0.15) is 5.69 Å². The first kappa shape index (κ1) is 18.7. The number of furan rings is 1. The second-order valence-electron chi connectivity index (χ2n) is 5.64. The molecule has 1 heterocycles. The van der Waals surface area contributed by atoms with Crippen LogP contribution in [0, 0.1) is 0 Å². The summed E-state index contributed by atoms with van der Waals surface area (Å²) in [5.41, 5.74) is 0.905. The number of nitrogens with one attached hydrogen (secondary N) is 2. The van der Waals surface area contributed by atoms with Gasteiger partial charge in [-0.05, 0) is 26.6 Å². The Morgan fingerprint density at radius 2 is 1.92 bits per heavy atom. The first-order valence-corrected chi connectivity index (χ1v) is 7.94. The fourth-order valence-corrected chi connectivity index (χ4v) is 2.50. The summed E-state index contributed by atoms with van der Waals surface area (Å²) < 4.78 is 22.5. The highest BCUT2D eigenvalue weighted by Gasteiger charge is 2.25. The first-order valence-electron chi connectivity index (χ1n) is 7.94. The topological polar surface area (TPSA) is 85.2 Å². The van der Waals surface area contributed by atoms with Crippen molar-refractivity contribution >= 4 is 22.7 Å². The van der Waals surface area contributed by atoms with Crippen LogP contribution in [0.15, 0.2) is 16.7 Å². The second kappa shape index (κ2) is 8.48. The zero-order valence-corrected chi connectivity index (χ0v) is 15.3. The van der Waals surface area contributed by atoms with Crippen molar-refractivity contribution in [3.05, 3.63) is 12.3 Å². The molecule has 0 aliphatic heterocycles. The molecule has 2 amide bonds. The zero-order valence-electron chi connectivity index (χ0n) is 15.3. The quantitative estimate of drug-likeness (QED) is 0.711. The minimum Gasteiger partial charge on any atom is -0.494 e. The Morgan fingerprint density at radius 3 is 2.52 bits per heavy atom. The van der Waals surface area contributed by atoms with Crippen LogP contribution in [0.5, 0.6) is 17.2 Å². The Kier molecular flexibility index (Phi) is 6.35. The molecule has 0 radical (unpaired) electrons. The van der Waals surface area contributed by atoms with Gasteiger partial charge in [-0.25, -0.2) is 4.79 Å². The van der Waals surface area contributed by atoms with Crippen LogP contribution >= 0.6 is 0 Å². The number of carbonyl (C=O) groups is 1. The van der Waals surface area contributed by atoms with E-state index in [4.69, 9.17) is 18.6 Å². The maximum absolute atomic E-state index is 11.9. The Balaban J connectivity index is 2.49. The van der Waals surface area contributed by atoms with Gasteiger partial charge in [-0.1, -0.05) is 0 Å². The maximum atomic E-state index is 11.9. The summed E-state index contributed by atoms with van der Waals surface area (Å²) in [7, 11) is 8.58. The van der Waals surface area contributed by atoms with Crippen molar-refractivity contribution in [2.45, 2.75) is 6.42 Å². The first-order chi connectivity index (χ1) is 12.0. The number of methoxy groups -OCH3 is 2. The van der Waals surface area contributed by atoms with E-state index in [2.05, 4.69) is 15.5 Å². The molecule has 0 saturated heterocycles. The van der Waals surface area contributed by atoms with E-state index in [0.29, 0.717) is 40.5 Å². The molecule has 2 rings (SSSR count). The average molecular weight is 351 g/mol. The standard InChI is InChI=1S/C17H25N3O5/c1-18-17(21)19-12-13(22-4)11-7-10-25-14(11)16(23-5)15(12)24-9-6-8-20(2)3/h7,10H,6,8-9H2,1-5H3,(H2,18,19,21). The lowest BCUT2D eigenvalue weighted by atomic mass is 10.1. The molecule has 0 fully saturated rings. The second-order valence-corrected chi connectivity index (χ2v) is 5.64. The lowest BCUT2D eigenvalue weighted by Crippen LogP contribution is -2.25. The fourth-order valence-electron chi connectivity index (χ4n) is 2.50. The Labute approximate surface area is 147 Å². The van der Waals surface area contributed by atoms with Crippen LogP contribution in [0.2, 0.25) is 0 Å². The smallest absolute Gasteiger partial charge is 0.319 e. The molecule has 0 bridgehead atoms. The van der Waals surface area contributed by atoms with Crippen molar-refractivity contribution in [3.63, 3.8) is 0 Å². The predicted molar refractivity (Wildman–Crippen MR) is 96.1 cm³/mol. The Morgan fingerprint density at radius 1 is 1.20 bits per heavy atom. The summed E-state index contributed by atoms with van der Waals surface area (Å²) in [6.07, 6.45) is 2.35. The summed E-state index contributed by atoms with van der Waals surface area (Å²) in [6, 6.07) is 1.36. The van der Waals surface area contributed by atoms with Crippen molar-refractivity contribution in [3.8, 4) is 17.2 Å². The molecule has 0 aliphatic rings. The van der Waals surface area contributed by atoms with Gasteiger partial charge in [-0.15, -0.1) is 0 Å². The largest absolute Gasteiger partial charge is 0.494 e. The van der Waals surface area contributed by atoms with E-state index < -0.39 is 0 Å². The molecule has 25 heavy (non-hydrogen) atoms. The fraction of sp³-hybridized carbons (Fsp3) is 0.471. The minimum atomic E-state index is -0.388. The summed E-state index contributed by atoms with van der Waals surface area (Å²) in [6.45, 7) is 1.33. The number of hydrogen-bond donors (Lipinski definition) is 2. The number of rotatable bonds is 8. The van der Waals surface area contributed by atoms with E-state index in [1.54, 1.807) is 6.07 Å². The molecule has 0 atom stereocenters. The number of urea groups is 1. The van der Waals surface area contributed by atoms with E-state index in [1.165, 1.54) is 27.5 Å². The van der Waals surface area contributed by atoms with Crippen LogP contribution in [0.3, 0.4) is 0 Å². The molecule has 0 spiro atoms. The Hall–Kier alpha value is -2.61. The van der Waals surface area contributed by atoms with Gasteiger partial charge in [-0.3, -0.25) is 0 Å². The molecule has 0 aliphatic carbocycles. The van der Waals surface area contributed by atoms with E-state index in [9.17, 15) is 4.79 Å². The number of carbonyl (C=O) groups excluding carboxylic acids is 1. The van der Waals surface area contributed by atoms with Crippen LogP contribution < -0.4 is 24.8 Å². The molecule has 138 valence electrons. The third-order valence-corrected chi connectivity index (χ3v) is 3.65. The van der Waals surface area contributed by atoms with Crippen molar-refractivity contribution in [1.29, 1.82) is 0 Å². The number of fused-ring (bicyclic) bond motifs is 1. The van der Waals surface area contributed by atoms with Gasteiger partial charge < -0.3 is 34.2 Å². The predicted octanol–water partition coefficient (Wildman–Crippen LogP) is 2.53. The highest BCUT2D eigenvalue weighted by Crippen LogP contribution is 2.49. The number of amides is 2. The molecule has 0 saturated carbocycles. The van der Waals surface area contributed by atoms with E-state index in [0.717, 1.165) is 13.0 Å². The van der Waals surface area contributed by atoms with Crippen molar-refractivity contribution in [2.75, 3.05) is 53.8 Å². The van der Waals surface area contributed by atoms with Crippen molar-refractivity contribution < 1.29 is 23.4 Å². The SMILES string of the molecule is CNC(=O)Nc1c(OCCCN(C)C)c(OC)c2occc2c1OC. The van der Waals surface area contributed by atoms with Gasteiger partial charge in [0.15, 0.2) is 17.1 Å². The normalized spacial score (nSPS) is 10.8.